The fourth-order valence-corrected chi connectivity index (χ4v) is 3.22. The van der Waals surface area contributed by atoms with Crippen LogP contribution in [0.4, 0.5) is 20.3 Å². The van der Waals surface area contributed by atoms with Crippen molar-refractivity contribution < 1.29 is 8.78 Å². The minimum Gasteiger partial charge on any atom is -0.337 e. The summed E-state index contributed by atoms with van der Waals surface area (Å²) in [4.78, 5) is 13.0. The Labute approximate surface area is 135 Å². The van der Waals surface area contributed by atoms with E-state index in [0.717, 1.165) is 9.92 Å². The third-order valence-electron chi connectivity index (χ3n) is 3.49. The summed E-state index contributed by atoms with van der Waals surface area (Å²) < 4.78 is 29.3. The molecule has 0 bridgehead atoms. The number of aromatic nitrogens is 3. The standard InChI is InChI=1S/C16H10F2N4S/c17-16(18,11-2-1-5-19-9-11)10-3-4-13-12(8-10)22-14-15(23-13)21-7-6-20-14/h1-9H,(H,20,22). The van der Waals surface area contributed by atoms with Crippen LogP contribution >= 0.6 is 11.8 Å². The summed E-state index contributed by atoms with van der Waals surface area (Å²) in [6.45, 7) is 0. The number of hydrogen-bond acceptors (Lipinski definition) is 5. The first kappa shape index (κ1) is 14.1. The van der Waals surface area contributed by atoms with Gasteiger partial charge in [0.25, 0.3) is 5.92 Å². The van der Waals surface area contributed by atoms with Crippen molar-refractivity contribution in [1.29, 1.82) is 0 Å². The predicted octanol–water partition coefficient (Wildman–Crippen LogP) is 4.22. The molecule has 1 N–H and O–H groups in total. The fourth-order valence-electron chi connectivity index (χ4n) is 2.34. The monoisotopic (exact) mass is 328 g/mol. The van der Waals surface area contributed by atoms with Crippen LogP contribution in [0, 0.1) is 0 Å². The Morgan fingerprint density at radius 1 is 1.00 bits per heavy atom. The fraction of sp³-hybridized carbons (Fsp3) is 0.0625. The Morgan fingerprint density at radius 2 is 1.87 bits per heavy atom. The van der Waals surface area contributed by atoms with Crippen molar-refractivity contribution in [3.05, 3.63) is 66.2 Å². The highest BCUT2D eigenvalue weighted by Crippen LogP contribution is 2.44. The lowest BCUT2D eigenvalue weighted by molar-refractivity contribution is 0.0425. The Morgan fingerprint density at radius 3 is 2.70 bits per heavy atom. The highest BCUT2D eigenvalue weighted by Gasteiger charge is 2.35. The number of halogens is 2. The minimum absolute atomic E-state index is 0.0929. The van der Waals surface area contributed by atoms with Gasteiger partial charge in [0, 0.05) is 40.8 Å². The van der Waals surface area contributed by atoms with Gasteiger partial charge in [0.15, 0.2) is 5.82 Å². The molecule has 0 fully saturated rings. The van der Waals surface area contributed by atoms with Crippen LogP contribution < -0.4 is 5.32 Å². The molecule has 0 saturated carbocycles. The molecule has 4 nitrogen and oxygen atoms in total. The summed E-state index contributed by atoms with van der Waals surface area (Å²) in [7, 11) is 0. The average Bonchev–Trinajstić information content (AvgIpc) is 2.60. The molecule has 3 heterocycles. The molecule has 114 valence electrons. The molecule has 0 unspecified atom stereocenters. The van der Waals surface area contributed by atoms with E-state index in [1.165, 1.54) is 48.4 Å². The van der Waals surface area contributed by atoms with Gasteiger partial charge in [-0.25, -0.2) is 9.97 Å². The SMILES string of the molecule is FC(F)(c1cccnc1)c1ccc2c(c1)Nc1nccnc1S2. The highest BCUT2D eigenvalue weighted by atomic mass is 32.2. The minimum atomic E-state index is -3.11. The van der Waals surface area contributed by atoms with Gasteiger partial charge in [0.2, 0.25) is 0 Å². The van der Waals surface area contributed by atoms with Crippen molar-refractivity contribution in [1.82, 2.24) is 15.0 Å². The molecule has 4 rings (SSSR count). The molecule has 0 aliphatic carbocycles. The quantitative estimate of drug-likeness (QED) is 0.597. The maximum absolute atomic E-state index is 14.7. The summed E-state index contributed by atoms with van der Waals surface area (Å²) >= 11 is 1.40. The van der Waals surface area contributed by atoms with Crippen LogP contribution in [-0.4, -0.2) is 15.0 Å². The van der Waals surface area contributed by atoms with Gasteiger partial charge in [0.05, 0.1) is 5.69 Å². The number of benzene rings is 1. The zero-order valence-electron chi connectivity index (χ0n) is 11.7. The molecular formula is C16H10F2N4S. The topological polar surface area (TPSA) is 50.7 Å². The van der Waals surface area contributed by atoms with Gasteiger partial charge in [-0.2, -0.15) is 8.78 Å². The van der Waals surface area contributed by atoms with Crippen LogP contribution in [-0.2, 0) is 5.92 Å². The van der Waals surface area contributed by atoms with E-state index in [1.807, 2.05) is 0 Å². The smallest absolute Gasteiger partial charge is 0.300 e. The van der Waals surface area contributed by atoms with Gasteiger partial charge in [0.1, 0.15) is 5.03 Å². The average molecular weight is 328 g/mol. The Hall–Kier alpha value is -2.54. The van der Waals surface area contributed by atoms with E-state index in [9.17, 15) is 8.78 Å². The van der Waals surface area contributed by atoms with Crippen LogP contribution in [0.25, 0.3) is 0 Å². The number of rotatable bonds is 2. The number of pyridine rings is 1. The Kier molecular flexibility index (Phi) is 3.23. The second-order valence-electron chi connectivity index (χ2n) is 4.96. The van der Waals surface area contributed by atoms with Crippen LogP contribution in [0.1, 0.15) is 11.1 Å². The Bertz CT molecular complexity index is 871. The highest BCUT2D eigenvalue weighted by molar-refractivity contribution is 7.99. The second kappa shape index (κ2) is 5.27. The Balaban J connectivity index is 1.74. The molecule has 1 aromatic carbocycles. The molecule has 7 heteroatoms. The number of nitrogens with zero attached hydrogens (tertiary/aromatic N) is 3. The van der Waals surface area contributed by atoms with Gasteiger partial charge >= 0.3 is 0 Å². The molecule has 0 radical (unpaired) electrons. The van der Waals surface area contributed by atoms with E-state index < -0.39 is 5.92 Å². The van der Waals surface area contributed by atoms with Gasteiger partial charge in [-0.05, 0) is 24.3 Å². The number of fused-ring (bicyclic) bond motifs is 2. The summed E-state index contributed by atoms with van der Waals surface area (Å²) in [6.07, 6.45) is 5.82. The molecule has 2 aromatic heterocycles. The maximum atomic E-state index is 14.7. The van der Waals surface area contributed by atoms with E-state index in [4.69, 9.17) is 0 Å². The summed E-state index contributed by atoms with van der Waals surface area (Å²) in [5.41, 5.74) is 0.373. The van der Waals surface area contributed by atoms with Crippen molar-refractivity contribution >= 4 is 23.3 Å². The third kappa shape index (κ3) is 2.43. The molecule has 1 aliphatic heterocycles. The lowest BCUT2D eigenvalue weighted by Crippen LogP contribution is -2.16. The lowest BCUT2D eigenvalue weighted by Gasteiger charge is -2.22. The van der Waals surface area contributed by atoms with Crippen molar-refractivity contribution in [2.45, 2.75) is 15.8 Å². The largest absolute Gasteiger partial charge is 0.337 e. The molecule has 0 amide bonds. The first-order chi connectivity index (χ1) is 11.1. The molecular weight excluding hydrogens is 318 g/mol. The van der Waals surface area contributed by atoms with Crippen molar-refractivity contribution in [2.24, 2.45) is 0 Å². The summed E-state index contributed by atoms with van der Waals surface area (Å²) in [6, 6.07) is 7.43. The number of hydrogen-bond donors (Lipinski definition) is 1. The maximum Gasteiger partial charge on any atom is 0.300 e. The van der Waals surface area contributed by atoms with Gasteiger partial charge in [-0.3, -0.25) is 4.98 Å². The first-order valence-corrected chi connectivity index (χ1v) is 7.65. The number of alkyl halides is 2. The number of nitrogens with one attached hydrogen (secondary N) is 1. The molecule has 3 aromatic rings. The van der Waals surface area contributed by atoms with E-state index >= 15 is 0 Å². The van der Waals surface area contributed by atoms with Gasteiger partial charge < -0.3 is 5.32 Å². The van der Waals surface area contributed by atoms with Crippen LogP contribution in [0.3, 0.4) is 0 Å². The number of anilines is 2. The van der Waals surface area contributed by atoms with E-state index in [0.29, 0.717) is 11.5 Å². The van der Waals surface area contributed by atoms with Crippen LogP contribution in [0.2, 0.25) is 0 Å². The summed E-state index contributed by atoms with van der Waals surface area (Å²) in [5.74, 6) is -2.54. The molecule has 0 saturated heterocycles. The molecule has 1 aliphatic rings. The zero-order valence-corrected chi connectivity index (χ0v) is 12.5. The van der Waals surface area contributed by atoms with Gasteiger partial charge in [-0.15, -0.1) is 0 Å². The van der Waals surface area contributed by atoms with Crippen molar-refractivity contribution in [2.75, 3.05) is 5.32 Å². The predicted molar refractivity (Wildman–Crippen MR) is 83.1 cm³/mol. The first-order valence-electron chi connectivity index (χ1n) is 6.83. The van der Waals surface area contributed by atoms with Gasteiger partial charge in [-0.1, -0.05) is 17.8 Å². The van der Waals surface area contributed by atoms with Crippen molar-refractivity contribution in [3.63, 3.8) is 0 Å². The molecule has 0 atom stereocenters. The third-order valence-corrected chi connectivity index (χ3v) is 4.56. The van der Waals surface area contributed by atoms with Crippen LogP contribution in [0.5, 0.6) is 0 Å². The van der Waals surface area contributed by atoms with E-state index in [-0.39, 0.29) is 11.1 Å². The zero-order chi connectivity index (χ0) is 15.9. The van der Waals surface area contributed by atoms with Crippen LogP contribution in [0.15, 0.2) is 65.0 Å². The van der Waals surface area contributed by atoms with E-state index in [2.05, 4.69) is 20.3 Å². The lowest BCUT2D eigenvalue weighted by atomic mass is 10.0. The molecule has 23 heavy (non-hydrogen) atoms. The normalized spacial score (nSPS) is 13.0. The van der Waals surface area contributed by atoms with E-state index in [1.54, 1.807) is 18.5 Å². The summed E-state index contributed by atoms with van der Waals surface area (Å²) in [5, 5.41) is 3.79. The van der Waals surface area contributed by atoms with Crippen molar-refractivity contribution in [3.8, 4) is 0 Å². The second-order valence-corrected chi connectivity index (χ2v) is 5.99. The molecule has 0 spiro atoms.